The number of hydrogen-bond donors (Lipinski definition) is 2. The van der Waals surface area contributed by atoms with Gasteiger partial charge in [-0.05, 0) is 39.5 Å². The van der Waals surface area contributed by atoms with E-state index in [4.69, 9.17) is 14.2 Å². The second-order valence-corrected chi connectivity index (χ2v) is 10.2. The molecule has 3 heterocycles. The zero-order valence-corrected chi connectivity index (χ0v) is 15.9. The van der Waals surface area contributed by atoms with Crippen molar-refractivity contribution in [3.8, 4) is 0 Å². The van der Waals surface area contributed by atoms with Gasteiger partial charge in [-0.1, -0.05) is 13.3 Å². The minimum atomic E-state index is -1.09. The van der Waals surface area contributed by atoms with Gasteiger partial charge in [-0.3, -0.25) is 4.79 Å². The molecule has 3 aliphatic heterocycles. The van der Waals surface area contributed by atoms with Crippen LogP contribution in [0.2, 0.25) is 0 Å². The summed E-state index contributed by atoms with van der Waals surface area (Å²) in [7, 11) is 0. The Kier molecular flexibility index (Phi) is 3.23. The van der Waals surface area contributed by atoms with Crippen LogP contribution in [0.1, 0.15) is 65.7 Å². The van der Waals surface area contributed by atoms with Crippen LogP contribution in [-0.4, -0.2) is 52.0 Å². The molecule has 0 amide bonds. The minimum absolute atomic E-state index is 0.0545. The monoisotopic (exact) mass is 366 g/mol. The second-order valence-electron chi connectivity index (χ2n) is 10.2. The van der Waals surface area contributed by atoms with Crippen LogP contribution in [0.3, 0.4) is 0 Å². The van der Waals surface area contributed by atoms with Crippen LogP contribution in [0.5, 0.6) is 0 Å². The van der Waals surface area contributed by atoms with Gasteiger partial charge in [0.1, 0.15) is 11.7 Å². The predicted octanol–water partition coefficient (Wildman–Crippen LogP) is 1.91. The van der Waals surface area contributed by atoms with E-state index in [1.807, 2.05) is 13.8 Å². The van der Waals surface area contributed by atoms with Crippen molar-refractivity contribution in [2.24, 2.45) is 16.7 Å². The fraction of sp³-hybridized carbons (Fsp3) is 0.950. The maximum Gasteiger partial charge on any atom is 0.312 e. The van der Waals surface area contributed by atoms with E-state index in [0.29, 0.717) is 19.4 Å². The van der Waals surface area contributed by atoms with Gasteiger partial charge < -0.3 is 24.4 Å². The molecule has 0 aromatic rings. The molecule has 2 saturated carbocycles. The second kappa shape index (κ2) is 4.83. The molecule has 8 atom stereocenters. The quantitative estimate of drug-likeness (QED) is 0.637. The molecule has 5 rings (SSSR count). The molecular formula is C20H30O6. The molecule has 5 aliphatic rings. The molecular weight excluding hydrogens is 336 g/mol. The minimum Gasteiger partial charge on any atom is -0.461 e. The normalized spacial score (nSPS) is 61.3. The number of esters is 1. The van der Waals surface area contributed by atoms with Crippen molar-refractivity contribution in [2.45, 2.75) is 94.9 Å². The van der Waals surface area contributed by atoms with E-state index in [2.05, 4.69) is 6.92 Å². The molecule has 3 saturated heterocycles. The molecule has 0 aromatic carbocycles. The van der Waals surface area contributed by atoms with Gasteiger partial charge in [-0.15, -0.1) is 0 Å². The summed E-state index contributed by atoms with van der Waals surface area (Å²) < 4.78 is 18.0. The summed E-state index contributed by atoms with van der Waals surface area (Å²) in [6.07, 6.45) is 3.98. The van der Waals surface area contributed by atoms with Crippen LogP contribution in [-0.2, 0) is 19.0 Å². The molecule has 2 N–H and O–H groups in total. The van der Waals surface area contributed by atoms with Crippen molar-refractivity contribution in [3.05, 3.63) is 0 Å². The summed E-state index contributed by atoms with van der Waals surface area (Å²) in [4.78, 5) is 12.7. The summed E-state index contributed by atoms with van der Waals surface area (Å²) in [5, 5.41) is 21.5. The zero-order chi connectivity index (χ0) is 18.6. The van der Waals surface area contributed by atoms with Gasteiger partial charge in [-0.25, -0.2) is 0 Å². The summed E-state index contributed by atoms with van der Waals surface area (Å²) in [6, 6.07) is 0. The molecule has 0 unspecified atom stereocenters. The maximum absolute atomic E-state index is 12.7. The Hall–Kier alpha value is -0.690. The topological polar surface area (TPSA) is 85.2 Å². The van der Waals surface area contributed by atoms with Crippen molar-refractivity contribution in [1.82, 2.24) is 0 Å². The molecule has 2 aliphatic carbocycles. The Bertz CT molecular complexity index is 663. The highest BCUT2D eigenvalue weighted by molar-refractivity contribution is 5.80. The van der Waals surface area contributed by atoms with Crippen molar-refractivity contribution >= 4 is 5.97 Å². The Morgan fingerprint density at radius 3 is 2.54 bits per heavy atom. The van der Waals surface area contributed by atoms with Crippen LogP contribution in [0, 0.1) is 16.7 Å². The Morgan fingerprint density at radius 2 is 1.85 bits per heavy atom. The Labute approximate surface area is 154 Å². The summed E-state index contributed by atoms with van der Waals surface area (Å²) in [6.45, 7) is 6.45. The van der Waals surface area contributed by atoms with Crippen LogP contribution in [0.25, 0.3) is 0 Å². The fourth-order valence-electron chi connectivity index (χ4n) is 7.60. The molecule has 0 aromatic heterocycles. The fourth-order valence-corrected chi connectivity index (χ4v) is 7.60. The third kappa shape index (κ3) is 1.80. The first-order valence-electron chi connectivity index (χ1n) is 10.0. The van der Waals surface area contributed by atoms with Gasteiger partial charge in [0.05, 0.1) is 23.2 Å². The highest BCUT2D eigenvalue weighted by Gasteiger charge is 2.78. The van der Waals surface area contributed by atoms with Gasteiger partial charge in [0.25, 0.3) is 0 Å². The van der Waals surface area contributed by atoms with Crippen molar-refractivity contribution in [2.75, 3.05) is 6.61 Å². The first-order chi connectivity index (χ1) is 12.1. The summed E-state index contributed by atoms with van der Waals surface area (Å²) >= 11 is 0. The summed E-state index contributed by atoms with van der Waals surface area (Å²) in [5.74, 6) is -0.0579. The van der Waals surface area contributed by atoms with E-state index < -0.39 is 28.5 Å². The molecule has 146 valence electrons. The van der Waals surface area contributed by atoms with Crippen molar-refractivity contribution in [3.63, 3.8) is 0 Å². The number of fused-ring (bicyclic) bond motifs is 1. The molecule has 6 heteroatoms. The van der Waals surface area contributed by atoms with Gasteiger partial charge in [0.2, 0.25) is 0 Å². The standard InChI is InChI=1S/C20H30O6/c1-16-5-4-6-17(2)14(16)12(25-15(16)22)9-18(3,23)20(17)8-7-19(26-20)10-13(21)24-11-19/h12-14,21,23H,4-11H2,1-3H3/t12-,13-,14+,16+,17+,18+,19+,20+/m1/s1. The number of carbonyl (C=O) groups is 1. The lowest BCUT2D eigenvalue weighted by Crippen LogP contribution is -2.72. The van der Waals surface area contributed by atoms with E-state index in [0.717, 1.165) is 32.1 Å². The molecule has 0 radical (unpaired) electrons. The van der Waals surface area contributed by atoms with Crippen LogP contribution in [0.15, 0.2) is 0 Å². The highest BCUT2D eigenvalue weighted by Crippen LogP contribution is 2.71. The lowest BCUT2D eigenvalue weighted by molar-refractivity contribution is -0.303. The smallest absolute Gasteiger partial charge is 0.312 e. The number of carbonyl (C=O) groups excluding carboxylic acids is 1. The van der Waals surface area contributed by atoms with Gasteiger partial charge in [0, 0.05) is 24.2 Å². The van der Waals surface area contributed by atoms with Gasteiger partial charge >= 0.3 is 5.97 Å². The lowest BCUT2D eigenvalue weighted by atomic mass is 9.43. The van der Waals surface area contributed by atoms with E-state index in [-0.39, 0.29) is 23.4 Å². The lowest BCUT2D eigenvalue weighted by Gasteiger charge is -2.64. The number of aliphatic hydroxyl groups excluding tert-OH is 1. The molecule has 26 heavy (non-hydrogen) atoms. The average molecular weight is 366 g/mol. The Balaban J connectivity index is 1.62. The van der Waals surface area contributed by atoms with E-state index in [1.54, 1.807) is 0 Å². The third-order valence-electron chi connectivity index (χ3n) is 8.66. The molecule has 5 fully saturated rings. The van der Waals surface area contributed by atoms with E-state index in [1.165, 1.54) is 0 Å². The van der Waals surface area contributed by atoms with Crippen LogP contribution >= 0.6 is 0 Å². The van der Waals surface area contributed by atoms with Gasteiger partial charge in [0.15, 0.2) is 6.29 Å². The highest BCUT2D eigenvalue weighted by atomic mass is 16.6. The van der Waals surface area contributed by atoms with Crippen molar-refractivity contribution < 1.29 is 29.2 Å². The van der Waals surface area contributed by atoms with Crippen LogP contribution in [0.4, 0.5) is 0 Å². The predicted molar refractivity (Wildman–Crippen MR) is 91.0 cm³/mol. The molecule has 6 nitrogen and oxygen atoms in total. The average Bonchev–Trinajstić information content (AvgIpc) is 3.17. The van der Waals surface area contributed by atoms with E-state index in [9.17, 15) is 15.0 Å². The SMILES string of the molecule is C[C@]1(O)C[C@H]2OC(=O)[C@@]3(C)CCC[C@@](C)([C@@H]23)[C@@]12CC[C@]1(CO[C@@H](O)C1)O2. The largest absolute Gasteiger partial charge is 0.461 e. The summed E-state index contributed by atoms with van der Waals surface area (Å²) in [5.41, 5.74) is -3.22. The number of hydrogen-bond acceptors (Lipinski definition) is 6. The number of aliphatic hydroxyl groups is 2. The third-order valence-corrected chi connectivity index (χ3v) is 8.66. The first kappa shape index (κ1) is 17.4. The first-order valence-corrected chi connectivity index (χ1v) is 10.0. The van der Waals surface area contributed by atoms with Gasteiger partial charge in [-0.2, -0.15) is 0 Å². The molecule has 0 bridgehead atoms. The number of ether oxygens (including phenoxy) is 3. The number of rotatable bonds is 0. The zero-order valence-electron chi connectivity index (χ0n) is 15.9. The van der Waals surface area contributed by atoms with Crippen molar-refractivity contribution in [1.29, 1.82) is 0 Å². The Morgan fingerprint density at radius 1 is 1.08 bits per heavy atom. The van der Waals surface area contributed by atoms with E-state index >= 15 is 0 Å². The van der Waals surface area contributed by atoms with Crippen LogP contribution < -0.4 is 0 Å². The maximum atomic E-state index is 12.7. The molecule has 2 spiro atoms.